The first-order valence-electron chi connectivity index (χ1n) is 11.1. The minimum atomic E-state index is -0.0664. The van der Waals surface area contributed by atoms with Crippen LogP contribution in [0.2, 0.25) is 0 Å². The monoisotopic (exact) mass is 438 g/mol. The summed E-state index contributed by atoms with van der Waals surface area (Å²) < 4.78 is 10.9. The smallest absolute Gasteiger partial charge is 0.259 e. The lowest BCUT2D eigenvalue weighted by molar-refractivity contribution is -0.130. The van der Waals surface area contributed by atoms with Crippen molar-refractivity contribution in [1.82, 2.24) is 15.1 Å². The van der Waals surface area contributed by atoms with E-state index in [4.69, 9.17) is 14.5 Å². The van der Waals surface area contributed by atoms with E-state index in [-0.39, 0.29) is 12.5 Å². The first kappa shape index (κ1) is 23.4. The van der Waals surface area contributed by atoms with Crippen LogP contribution in [0.4, 0.5) is 0 Å². The van der Waals surface area contributed by atoms with Crippen LogP contribution in [0.3, 0.4) is 0 Å². The van der Waals surface area contributed by atoms with Gasteiger partial charge in [-0.05, 0) is 48.7 Å². The van der Waals surface area contributed by atoms with Crippen molar-refractivity contribution in [3.63, 3.8) is 0 Å². The predicted molar refractivity (Wildman–Crippen MR) is 127 cm³/mol. The largest absolute Gasteiger partial charge is 0.497 e. The van der Waals surface area contributed by atoms with E-state index in [0.717, 1.165) is 43.3 Å². The molecule has 1 fully saturated rings. The van der Waals surface area contributed by atoms with Crippen molar-refractivity contribution in [3.8, 4) is 11.5 Å². The van der Waals surface area contributed by atoms with Gasteiger partial charge in [0.15, 0.2) is 12.6 Å². The summed E-state index contributed by atoms with van der Waals surface area (Å²) in [6.45, 7) is 5.39. The van der Waals surface area contributed by atoms with Gasteiger partial charge >= 0.3 is 0 Å². The Kier molecular flexibility index (Phi) is 8.36. The third-order valence-electron chi connectivity index (χ3n) is 5.58. The van der Waals surface area contributed by atoms with Gasteiger partial charge in [-0.25, -0.2) is 4.99 Å². The normalized spacial score (nSPS) is 16.1. The quantitative estimate of drug-likeness (QED) is 0.507. The maximum atomic E-state index is 11.8. The van der Waals surface area contributed by atoms with Crippen molar-refractivity contribution in [2.24, 2.45) is 4.99 Å². The zero-order chi connectivity index (χ0) is 22.9. The Morgan fingerprint density at radius 3 is 2.66 bits per heavy atom. The Morgan fingerprint density at radius 2 is 1.97 bits per heavy atom. The summed E-state index contributed by atoms with van der Waals surface area (Å²) >= 11 is 0. The van der Waals surface area contributed by atoms with Crippen molar-refractivity contribution in [3.05, 3.63) is 59.7 Å². The molecule has 0 saturated carbocycles. The van der Waals surface area contributed by atoms with E-state index in [9.17, 15) is 4.79 Å². The van der Waals surface area contributed by atoms with Gasteiger partial charge in [-0.15, -0.1) is 0 Å². The second kappa shape index (κ2) is 11.4. The van der Waals surface area contributed by atoms with Crippen molar-refractivity contribution in [2.45, 2.75) is 25.8 Å². The fourth-order valence-corrected chi connectivity index (χ4v) is 3.70. The summed E-state index contributed by atoms with van der Waals surface area (Å²) in [7, 11) is 5.13. The minimum Gasteiger partial charge on any atom is -0.497 e. The number of carbonyl (C=O) groups excluding carboxylic acids is 1. The van der Waals surface area contributed by atoms with E-state index in [1.807, 2.05) is 36.4 Å². The van der Waals surface area contributed by atoms with Crippen molar-refractivity contribution in [2.75, 3.05) is 47.4 Å². The number of likely N-dealkylation sites (N-methyl/N-ethyl adjacent to an activating group) is 1. The number of hydrogen-bond acceptors (Lipinski definition) is 4. The van der Waals surface area contributed by atoms with Gasteiger partial charge in [0, 0.05) is 39.6 Å². The molecule has 2 aromatic rings. The molecule has 32 heavy (non-hydrogen) atoms. The third-order valence-corrected chi connectivity index (χ3v) is 5.58. The molecule has 172 valence electrons. The predicted octanol–water partition coefficient (Wildman–Crippen LogP) is 3.12. The molecular weight excluding hydrogens is 404 g/mol. The number of aliphatic imine (C=N–C) groups is 1. The van der Waals surface area contributed by atoms with Gasteiger partial charge in [-0.1, -0.05) is 24.3 Å². The maximum Gasteiger partial charge on any atom is 0.259 e. The molecule has 3 rings (SSSR count). The standard InChI is InChI=1S/C25H34N4O3/c1-5-26-25(29-14-13-21(17-29)20-9-11-22(31-4)12-10-20)27-16-19-7-6-8-23(15-19)32-18-24(30)28(2)3/h6-12,15,21H,5,13-14,16-18H2,1-4H3,(H,26,27). The van der Waals surface area contributed by atoms with Crippen LogP contribution in [-0.2, 0) is 11.3 Å². The Labute approximate surface area is 191 Å². The number of ether oxygens (including phenoxy) is 2. The number of carbonyl (C=O) groups is 1. The summed E-state index contributed by atoms with van der Waals surface area (Å²) in [6, 6.07) is 16.1. The number of methoxy groups -OCH3 is 1. The van der Waals surface area contributed by atoms with Crippen LogP contribution in [0.1, 0.15) is 30.4 Å². The maximum absolute atomic E-state index is 11.8. The Morgan fingerprint density at radius 1 is 1.19 bits per heavy atom. The lowest BCUT2D eigenvalue weighted by atomic mass is 9.98. The van der Waals surface area contributed by atoms with Crippen LogP contribution in [0.15, 0.2) is 53.5 Å². The molecule has 1 heterocycles. The molecule has 0 aliphatic carbocycles. The lowest BCUT2D eigenvalue weighted by Gasteiger charge is -2.22. The Hall–Kier alpha value is -3.22. The van der Waals surface area contributed by atoms with E-state index in [2.05, 4.69) is 29.3 Å². The zero-order valence-corrected chi connectivity index (χ0v) is 19.5. The zero-order valence-electron chi connectivity index (χ0n) is 19.5. The number of guanidine groups is 1. The molecule has 1 amide bonds. The van der Waals surface area contributed by atoms with Gasteiger partial charge in [0.25, 0.3) is 5.91 Å². The molecule has 2 aromatic carbocycles. The van der Waals surface area contributed by atoms with E-state index in [1.165, 1.54) is 10.5 Å². The molecule has 0 aromatic heterocycles. The number of likely N-dealkylation sites (tertiary alicyclic amines) is 1. The molecule has 7 nitrogen and oxygen atoms in total. The van der Waals surface area contributed by atoms with Crippen LogP contribution < -0.4 is 14.8 Å². The van der Waals surface area contributed by atoms with Gasteiger partial charge in [0.2, 0.25) is 0 Å². The van der Waals surface area contributed by atoms with Crippen molar-refractivity contribution < 1.29 is 14.3 Å². The van der Waals surface area contributed by atoms with Crippen LogP contribution in [-0.4, -0.2) is 69.1 Å². The number of amides is 1. The summed E-state index contributed by atoms with van der Waals surface area (Å²) in [5, 5.41) is 3.43. The molecule has 1 saturated heterocycles. The average Bonchev–Trinajstić information content (AvgIpc) is 3.30. The second-order valence-electron chi connectivity index (χ2n) is 8.10. The van der Waals surface area contributed by atoms with Gasteiger partial charge in [0.1, 0.15) is 11.5 Å². The van der Waals surface area contributed by atoms with Crippen LogP contribution >= 0.6 is 0 Å². The Balaban J connectivity index is 1.62. The van der Waals surface area contributed by atoms with Crippen LogP contribution in [0.5, 0.6) is 11.5 Å². The molecule has 0 spiro atoms. The van der Waals surface area contributed by atoms with Gasteiger partial charge in [0.05, 0.1) is 13.7 Å². The van der Waals surface area contributed by atoms with Crippen LogP contribution in [0.25, 0.3) is 0 Å². The molecule has 0 radical (unpaired) electrons. The number of hydrogen-bond donors (Lipinski definition) is 1. The molecule has 0 bridgehead atoms. The summed E-state index contributed by atoms with van der Waals surface area (Å²) in [6.07, 6.45) is 1.10. The van der Waals surface area contributed by atoms with Gasteiger partial charge in [-0.3, -0.25) is 4.79 Å². The van der Waals surface area contributed by atoms with Crippen LogP contribution in [0, 0.1) is 0 Å². The molecule has 1 aliphatic rings. The topological polar surface area (TPSA) is 66.4 Å². The number of rotatable bonds is 8. The highest BCUT2D eigenvalue weighted by Crippen LogP contribution is 2.28. The average molecular weight is 439 g/mol. The Bertz CT molecular complexity index is 912. The SMILES string of the molecule is CCNC(=NCc1cccc(OCC(=O)N(C)C)c1)N1CCC(c2ccc(OC)cc2)C1. The highest BCUT2D eigenvalue weighted by atomic mass is 16.5. The number of nitrogens with zero attached hydrogens (tertiary/aromatic N) is 3. The van der Waals surface area contributed by atoms with Gasteiger partial charge < -0.3 is 24.6 Å². The molecule has 1 atom stereocenters. The first-order chi connectivity index (χ1) is 15.5. The number of nitrogens with one attached hydrogen (secondary N) is 1. The molecule has 1 aliphatic heterocycles. The first-order valence-corrected chi connectivity index (χ1v) is 11.1. The summed E-state index contributed by atoms with van der Waals surface area (Å²) in [5.74, 6) is 2.91. The van der Waals surface area contributed by atoms with E-state index in [0.29, 0.717) is 18.2 Å². The van der Waals surface area contributed by atoms with E-state index >= 15 is 0 Å². The molecule has 7 heteroatoms. The minimum absolute atomic E-state index is 0.0306. The summed E-state index contributed by atoms with van der Waals surface area (Å²) in [5.41, 5.74) is 2.38. The van der Waals surface area contributed by atoms with Crippen molar-refractivity contribution in [1.29, 1.82) is 0 Å². The summed E-state index contributed by atoms with van der Waals surface area (Å²) in [4.78, 5) is 20.5. The third kappa shape index (κ3) is 6.39. The highest BCUT2D eigenvalue weighted by Gasteiger charge is 2.26. The van der Waals surface area contributed by atoms with Crippen molar-refractivity contribution >= 4 is 11.9 Å². The second-order valence-corrected chi connectivity index (χ2v) is 8.10. The lowest BCUT2D eigenvalue weighted by Crippen LogP contribution is -2.40. The molecular formula is C25H34N4O3. The number of benzene rings is 2. The van der Waals surface area contributed by atoms with E-state index in [1.54, 1.807) is 21.2 Å². The molecule has 1 unspecified atom stereocenters. The fraction of sp³-hybridized carbons (Fsp3) is 0.440. The fourth-order valence-electron chi connectivity index (χ4n) is 3.70. The highest BCUT2D eigenvalue weighted by molar-refractivity contribution is 5.80. The molecule has 1 N–H and O–H groups in total. The van der Waals surface area contributed by atoms with Gasteiger partial charge in [-0.2, -0.15) is 0 Å². The van der Waals surface area contributed by atoms with E-state index < -0.39 is 0 Å².